The number of nitrogens with zero attached hydrogens (tertiary/aromatic N) is 1. The molecule has 0 aliphatic rings. The summed E-state index contributed by atoms with van der Waals surface area (Å²) < 4.78 is 0. The number of hydrogen-bond donors (Lipinski definition) is 1. The fourth-order valence-electron chi connectivity index (χ4n) is 3.01. The van der Waals surface area contributed by atoms with Gasteiger partial charge in [-0.25, -0.2) is 4.79 Å². The number of pyridine rings is 1. The normalized spacial score (nSPS) is 10.7. The lowest BCUT2D eigenvalue weighted by Crippen LogP contribution is -2.04. The average molecular weight is 312 g/mol. The second-order valence-corrected chi connectivity index (χ2v) is 5.45. The van der Waals surface area contributed by atoms with Gasteiger partial charge in [-0.2, -0.15) is 4.99 Å². The lowest BCUT2D eigenvalue weighted by Gasteiger charge is -2.09. The number of para-hydroxylation sites is 2. The Bertz CT molecular complexity index is 1170. The molecule has 0 aliphatic carbocycles. The molecule has 4 aromatic rings. The molecule has 1 heterocycles. The molecule has 114 valence electrons. The van der Waals surface area contributed by atoms with Crippen molar-refractivity contribution < 1.29 is 4.79 Å². The molecule has 0 saturated carbocycles. The smallest absolute Gasteiger partial charge is 0.240 e. The van der Waals surface area contributed by atoms with Crippen molar-refractivity contribution in [3.63, 3.8) is 0 Å². The van der Waals surface area contributed by atoms with Gasteiger partial charge >= 0.3 is 0 Å². The van der Waals surface area contributed by atoms with Crippen molar-refractivity contribution in [2.75, 3.05) is 0 Å². The molecule has 4 heteroatoms. The van der Waals surface area contributed by atoms with Crippen LogP contribution in [0.3, 0.4) is 0 Å². The molecule has 0 spiro atoms. The van der Waals surface area contributed by atoms with Gasteiger partial charge in [0, 0.05) is 16.3 Å². The van der Waals surface area contributed by atoms with Crippen LogP contribution in [0.25, 0.3) is 32.9 Å². The van der Waals surface area contributed by atoms with Gasteiger partial charge in [-0.1, -0.05) is 48.5 Å². The maximum atomic E-state index is 12.9. The van der Waals surface area contributed by atoms with Crippen LogP contribution in [-0.2, 0) is 4.79 Å². The van der Waals surface area contributed by atoms with Crippen molar-refractivity contribution in [3.05, 3.63) is 77.0 Å². The molecule has 0 atom stereocenters. The monoisotopic (exact) mass is 312 g/mol. The first kappa shape index (κ1) is 14.1. The van der Waals surface area contributed by atoms with Crippen LogP contribution < -0.4 is 5.43 Å². The van der Waals surface area contributed by atoms with E-state index in [-0.39, 0.29) is 5.43 Å². The summed E-state index contributed by atoms with van der Waals surface area (Å²) in [6.07, 6.45) is 1.54. The third-order valence-electron chi connectivity index (χ3n) is 4.10. The van der Waals surface area contributed by atoms with Crippen molar-refractivity contribution in [2.45, 2.75) is 0 Å². The van der Waals surface area contributed by atoms with E-state index >= 15 is 0 Å². The number of benzene rings is 3. The van der Waals surface area contributed by atoms with Crippen LogP contribution in [0.4, 0.5) is 5.69 Å². The Morgan fingerprint density at radius 2 is 1.50 bits per heavy atom. The van der Waals surface area contributed by atoms with Crippen molar-refractivity contribution in [3.8, 4) is 11.1 Å². The Labute approximate surface area is 137 Å². The van der Waals surface area contributed by atoms with Crippen LogP contribution in [0.5, 0.6) is 0 Å². The standard InChI is InChI=1S/C20H12N2O2/c23-12-21-17-11-5-10-16-19(17)22-18-14(13-6-2-1-3-7-13)8-4-9-15(18)20(16)24/h1-11H,(H,22,24). The van der Waals surface area contributed by atoms with Crippen LogP contribution in [-0.4, -0.2) is 11.1 Å². The van der Waals surface area contributed by atoms with Crippen LogP contribution in [0.2, 0.25) is 0 Å². The van der Waals surface area contributed by atoms with E-state index in [4.69, 9.17) is 0 Å². The SMILES string of the molecule is O=C=Nc1cccc2c(=O)c3cccc(-c4ccccc4)c3[nH]c12. The van der Waals surface area contributed by atoms with Gasteiger partial charge in [0.2, 0.25) is 6.08 Å². The third kappa shape index (κ3) is 2.14. The van der Waals surface area contributed by atoms with E-state index in [1.165, 1.54) is 0 Å². The van der Waals surface area contributed by atoms with Crippen LogP contribution in [0.15, 0.2) is 76.5 Å². The molecule has 4 nitrogen and oxygen atoms in total. The highest BCUT2D eigenvalue weighted by molar-refractivity contribution is 6.02. The number of hydrogen-bond acceptors (Lipinski definition) is 3. The van der Waals surface area contributed by atoms with Crippen molar-refractivity contribution in [1.29, 1.82) is 0 Å². The highest BCUT2D eigenvalue weighted by Gasteiger charge is 2.11. The number of H-pyrrole nitrogens is 1. The number of aliphatic imine (C=N–C) groups is 1. The van der Waals surface area contributed by atoms with E-state index in [0.717, 1.165) is 16.6 Å². The average Bonchev–Trinajstić information content (AvgIpc) is 2.63. The zero-order valence-electron chi connectivity index (χ0n) is 12.6. The summed E-state index contributed by atoms with van der Waals surface area (Å²) in [6, 6.07) is 20.6. The highest BCUT2D eigenvalue weighted by Crippen LogP contribution is 2.29. The van der Waals surface area contributed by atoms with Gasteiger partial charge in [-0.15, -0.1) is 0 Å². The molecule has 3 aromatic carbocycles. The Morgan fingerprint density at radius 3 is 2.25 bits per heavy atom. The molecule has 0 bridgehead atoms. The quantitative estimate of drug-likeness (QED) is 0.340. The van der Waals surface area contributed by atoms with Crippen molar-refractivity contribution >= 4 is 33.6 Å². The number of rotatable bonds is 2. The molecule has 1 aromatic heterocycles. The van der Waals surface area contributed by atoms with Crippen LogP contribution in [0, 0.1) is 0 Å². The van der Waals surface area contributed by atoms with E-state index < -0.39 is 0 Å². The summed E-state index contributed by atoms with van der Waals surface area (Å²) in [7, 11) is 0. The van der Waals surface area contributed by atoms with Gasteiger partial charge in [-0.3, -0.25) is 4.79 Å². The summed E-state index contributed by atoms with van der Waals surface area (Å²) in [6.45, 7) is 0. The lowest BCUT2D eigenvalue weighted by atomic mass is 10.0. The number of aromatic nitrogens is 1. The maximum absolute atomic E-state index is 12.9. The predicted molar refractivity (Wildman–Crippen MR) is 95.3 cm³/mol. The third-order valence-corrected chi connectivity index (χ3v) is 4.10. The minimum atomic E-state index is -0.0838. The van der Waals surface area contributed by atoms with Crippen molar-refractivity contribution in [2.24, 2.45) is 4.99 Å². The zero-order valence-corrected chi connectivity index (χ0v) is 12.6. The number of fused-ring (bicyclic) bond motifs is 2. The van der Waals surface area contributed by atoms with E-state index in [1.807, 2.05) is 42.5 Å². The largest absolute Gasteiger partial charge is 0.352 e. The minimum absolute atomic E-state index is 0.0838. The molecule has 0 fully saturated rings. The number of carbonyl (C=O) groups excluding carboxylic acids is 1. The molecule has 0 unspecified atom stereocenters. The molecule has 24 heavy (non-hydrogen) atoms. The molecular weight excluding hydrogens is 300 g/mol. The fourth-order valence-corrected chi connectivity index (χ4v) is 3.01. The molecule has 1 N–H and O–H groups in total. The summed E-state index contributed by atoms with van der Waals surface area (Å²) >= 11 is 0. The summed E-state index contributed by atoms with van der Waals surface area (Å²) in [5.41, 5.74) is 3.53. The Balaban J connectivity index is 2.19. The van der Waals surface area contributed by atoms with E-state index in [9.17, 15) is 9.59 Å². The Hall–Kier alpha value is -3.49. The van der Waals surface area contributed by atoms with Gasteiger partial charge in [0.1, 0.15) is 5.69 Å². The fraction of sp³-hybridized carbons (Fsp3) is 0. The molecule has 4 rings (SSSR count). The van der Waals surface area contributed by atoms with Gasteiger partial charge in [0.25, 0.3) is 0 Å². The van der Waals surface area contributed by atoms with Gasteiger partial charge in [0.15, 0.2) is 5.43 Å². The first-order valence-corrected chi connectivity index (χ1v) is 7.50. The lowest BCUT2D eigenvalue weighted by molar-refractivity contribution is 0.565. The predicted octanol–water partition coefficient (Wildman–Crippen LogP) is 4.32. The summed E-state index contributed by atoms with van der Waals surface area (Å²) in [5.74, 6) is 0. The Morgan fingerprint density at radius 1 is 0.792 bits per heavy atom. The molecule has 0 radical (unpaired) electrons. The zero-order chi connectivity index (χ0) is 16.5. The highest BCUT2D eigenvalue weighted by atomic mass is 16.1. The molecule has 0 saturated heterocycles. The van der Waals surface area contributed by atoms with Crippen molar-refractivity contribution in [1.82, 2.24) is 4.98 Å². The van der Waals surface area contributed by atoms with Crippen LogP contribution >= 0.6 is 0 Å². The van der Waals surface area contributed by atoms with Gasteiger partial charge in [-0.05, 0) is 23.8 Å². The molecular formula is C20H12N2O2. The first-order chi connectivity index (χ1) is 11.8. The number of nitrogens with one attached hydrogen (secondary N) is 1. The molecule has 0 aliphatic heterocycles. The molecule has 0 amide bonds. The minimum Gasteiger partial charge on any atom is -0.352 e. The van der Waals surface area contributed by atoms with Gasteiger partial charge in [0.05, 0.1) is 11.0 Å². The Kier molecular flexibility index (Phi) is 3.30. The maximum Gasteiger partial charge on any atom is 0.240 e. The van der Waals surface area contributed by atoms with E-state index in [2.05, 4.69) is 9.98 Å². The second-order valence-electron chi connectivity index (χ2n) is 5.45. The van der Waals surface area contributed by atoms with E-state index in [1.54, 1.807) is 30.3 Å². The summed E-state index contributed by atoms with van der Waals surface area (Å²) in [4.78, 5) is 30.5. The first-order valence-electron chi connectivity index (χ1n) is 7.50. The van der Waals surface area contributed by atoms with Gasteiger partial charge < -0.3 is 4.98 Å². The number of aromatic amines is 1. The topological polar surface area (TPSA) is 62.3 Å². The number of isocyanates is 1. The second kappa shape index (κ2) is 5.61. The summed E-state index contributed by atoms with van der Waals surface area (Å²) in [5, 5.41) is 1.11. The van der Waals surface area contributed by atoms with E-state index in [0.29, 0.717) is 22.0 Å². The van der Waals surface area contributed by atoms with Crippen LogP contribution in [0.1, 0.15) is 0 Å².